The minimum absolute atomic E-state index is 0.304. The standard InChI is InChI=1S/C7H13ClO3/c1-2-3-6(7(9)10)11-5-4-8/h6H,2-5H2,1H3,(H,9,10). The molecule has 0 aromatic heterocycles. The van der Waals surface area contributed by atoms with E-state index < -0.39 is 12.1 Å². The molecule has 0 fully saturated rings. The molecule has 0 bridgehead atoms. The Kier molecular flexibility index (Phi) is 6.27. The van der Waals surface area contributed by atoms with Crippen LogP contribution in [0.25, 0.3) is 0 Å². The van der Waals surface area contributed by atoms with Gasteiger partial charge in [-0.25, -0.2) is 4.79 Å². The van der Waals surface area contributed by atoms with E-state index >= 15 is 0 Å². The van der Waals surface area contributed by atoms with Gasteiger partial charge in [0.05, 0.1) is 6.61 Å². The van der Waals surface area contributed by atoms with Gasteiger partial charge in [0.1, 0.15) is 0 Å². The van der Waals surface area contributed by atoms with Crippen LogP contribution in [-0.4, -0.2) is 29.7 Å². The molecule has 0 rings (SSSR count). The number of rotatable bonds is 6. The molecule has 0 radical (unpaired) electrons. The summed E-state index contributed by atoms with van der Waals surface area (Å²) in [5, 5.41) is 8.56. The van der Waals surface area contributed by atoms with Crippen molar-refractivity contribution in [1.82, 2.24) is 0 Å². The molecule has 0 amide bonds. The van der Waals surface area contributed by atoms with Crippen molar-refractivity contribution >= 4 is 17.6 Å². The fourth-order valence-electron chi connectivity index (χ4n) is 0.727. The first-order valence-electron chi connectivity index (χ1n) is 3.62. The molecule has 3 nitrogen and oxygen atoms in total. The molecule has 0 aliphatic carbocycles. The number of alkyl halides is 1. The van der Waals surface area contributed by atoms with Crippen LogP contribution < -0.4 is 0 Å². The van der Waals surface area contributed by atoms with Crippen LogP contribution in [0.2, 0.25) is 0 Å². The number of halogens is 1. The third-order valence-electron chi connectivity index (χ3n) is 1.22. The topological polar surface area (TPSA) is 46.5 Å². The second-order valence-corrected chi connectivity index (χ2v) is 2.55. The number of aliphatic carboxylic acids is 1. The van der Waals surface area contributed by atoms with Crippen molar-refractivity contribution in [3.05, 3.63) is 0 Å². The van der Waals surface area contributed by atoms with Gasteiger partial charge in [0.25, 0.3) is 0 Å². The summed E-state index contributed by atoms with van der Waals surface area (Å²) in [4.78, 5) is 10.4. The quantitative estimate of drug-likeness (QED) is 0.630. The van der Waals surface area contributed by atoms with Gasteiger partial charge in [0, 0.05) is 5.88 Å². The molecule has 66 valence electrons. The molecule has 0 aromatic rings. The third-order valence-corrected chi connectivity index (χ3v) is 1.38. The SMILES string of the molecule is CCCC(OCCCl)C(=O)O. The average Bonchev–Trinajstić information content (AvgIpc) is 1.97. The first kappa shape index (κ1) is 10.7. The van der Waals surface area contributed by atoms with E-state index in [9.17, 15) is 4.79 Å². The van der Waals surface area contributed by atoms with Crippen LogP contribution in [0.5, 0.6) is 0 Å². The molecule has 1 atom stereocenters. The Bertz CT molecular complexity index is 116. The maximum Gasteiger partial charge on any atom is 0.332 e. The van der Waals surface area contributed by atoms with Crippen molar-refractivity contribution < 1.29 is 14.6 Å². The minimum atomic E-state index is -0.906. The summed E-state index contributed by atoms with van der Waals surface area (Å²) in [5.74, 6) is -0.565. The molecule has 0 heterocycles. The molecule has 4 heteroatoms. The van der Waals surface area contributed by atoms with Gasteiger partial charge in [-0.2, -0.15) is 0 Å². The van der Waals surface area contributed by atoms with Crippen LogP contribution in [0, 0.1) is 0 Å². The molecule has 11 heavy (non-hydrogen) atoms. The van der Waals surface area contributed by atoms with E-state index in [1.807, 2.05) is 6.92 Å². The highest BCUT2D eigenvalue weighted by molar-refractivity contribution is 6.17. The molecular weight excluding hydrogens is 168 g/mol. The van der Waals surface area contributed by atoms with E-state index in [0.717, 1.165) is 6.42 Å². The van der Waals surface area contributed by atoms with Gasteiger partial charge in [-0.05, 0) is 6.42 Å². The van der Waals surface area contributed by atoms with E-state index in [4.69, 9.17) is 21.4 Å². The second kappa shape index (κ2) is 6.43. The van der Waals surface area contributed by atoms with Crippen LogP contribution in [0.1, 0.15) is 19.8 Å². The van der Waals surface area contributed by atoms with Gasteiger partial charge in [0.2, 0.25) is 0 Å². The van der Waals surface area contributed by atoms with E-state index in [1.165, 1.54) is 0 Å². The van der Waals surface area contributed by atoms with Gasteiger partial charge < -0.3 is 9.84 Å². The number of hydrogen-bond acceptors (Lipinski definition) is 2. The number of carboxylic acids is 1. The van der Waals surface area contributed by atoms with Gasteiger partial charge in [-0.15, -0.1) is 11.6 Å². The third kappa shape index (κ3) is 5.04. The van der Waals surface area contributed by atoms with E-state index in [0.29, 0.717) is 18.9 Å². The van der Waals surface area contributed by atoms with E-state index in [2.05, 4.69) is 0 Å². The van der Waals surface area contributed by atoms with Crippen LogP contribution in [0.3, 0.4) is 0 Å². The number of hydrogen-bond donors (Lipinski definition) is 1. The van der Waals surface area contributed by atoms with E-state index in [-0.39, 0.29) is 0 Å². The van der Waals surface area contributed by atoms with Crippen LogP contribution in [0.4, 0.5) is 0 Å². The first-order chi connectivity index (χ1) is 5.22. The summed E-state index contributed by atoms with van der Waals surface area (Å²) in [6.07, 6.45) is 0.671. The Morgan fingerprint density at radius 3 is 2.73 bits per heavy atom. The number of ether oxygens (including phenoxy) is 1. The zero-order chi connectivity index (χ0) is 8.69. The normalized spacial score (nSPS) is 12.9. The predicted molar refractivity (Wildman–Crippen MR) is 43.0 cm³/mol. The van der Waals surface area contributed by atoms with Crippen LogP contribution >= 0.6 is 11.6 Å². The maximum atomic E-state index is 10.4. The number of carbonyl (C=O) groups is 1. The lowest BCUT2D eigenvalue weighted by Gasteiger charge is -2.10. The van der Waals surface area contributed by atoms with E-state index in [1.54, 1.807) is 0 Å². The zero-order valence-corrected chi connectivity index (χ0v) is 7.30. The second-order valence-electron chi connectivity index (χ2n) is 2.18. The molecular formula is C7H13ClO3. The molecule has 0 spiro atoms. The zero-order valence-electron chi connectivity index (χ0n) is 6.55. The summed E-state index contributed by atoms with van der Waals surface area (Å²) in [5.41, 5.74) is 0. The van der Waals surface area contributed by atoms with Gasteiger partial charge in [0.15, 0.2) is 6.10 Å². The van der Waals surface area contributed by atoms with Crippen molar-refractivity contribution in [2.45, 2.75) is 25.9 Å². The van der Waals surface area contributed by atoms with Gasteiger partial charge in [-0.1, -0.05) is 13.3 Å². The Morgan fingerprint density at radius 2 is 2.36 bits per heavy atom. The van der Waals surface area contributed by atoms with Crippen LogP contribution in [0.15, 0.2) is 0 Å². The summed E-state index contributed by atoms with van der Waals surface area (Å²) < 4.78 is 4.96. The fraction of sp³-hybridized carbons (Fsp3) is 0.857. The lowest BCUT2D eigenvalue weighted by atomic mass is 10.2. The van der Waals surface area contributed by atoms with Crippen molar-refractivity contribution in [1.29, 1.82) is 0 Å². The predicted octanol–water partition coefficient (Wildman–Crippen LogP) is 1.50. The Morgan fingerprint density at radius 1 is 1.73 bits per heavy atom. The first-order valence-corrected chi connectivity index (χ1v) is 4.16. The van der Waals surface area contributed by atoms with Crippen molar-refractivity contribution in [3.8, 4) is 0 Å². The summed E-state index contributed by atoms with van der Waals surface area (Å²) >= 11 is 5.33. The van der Waals surface area contributed by atoms with Gasteiger partial charge in [-0.3, -0.25) is 0 Å². The smallest absolute Gasteiger partial charge is 0.332 e. The molecule has 1 unspecified atom stereocenters. The molecule has 0 saturated heterocycles. The number of carboxylic acid groups (broad SMARTS) is 1. The van der Waals surface area contributed by atoms with Crippen molar-refractivity contribution in [2.24, 2.45) is 0 Å². The molecule has 0 aromatic carbocycles. The largest absolute Gasteiger partial charge is 0.479 e. The summed E-state index contributed by atoms with van der Waals surface area (Å²) in [7, 11) is 0. The monoisotopic (exact) mass is 180 g/mol. The summed E-state index contributed by atoms with van der Waals surface area (Å²) in [6, 6.07) is 0. The highest BCUT2D eigenvalue weighted by Crippen LogP contribution is 2.02. The fourth-order valence-corrected chi connectivity index (χ4v) is 0.816. The Hall–Kier alpha value is -0.280. The lowest BCUT2D eigenvalue weighted by Crippen LogP contribution is -2.24. The van der Waals surface area contributed by atoms with Crippen molar-refractivity contribution in [3.63, 3.8) is 0 Å². The summed E-state index contributed by atoms with van der Waals surface area (Å²) in [6.45, 7) is 2.22. The molecule has 0 aliphatic heterocycles. The Balaban J connectivity index is 3.60. The Labute approximate surface area is 71.3 Å². The highest BCUT2D eigenvalue weighted by atomic mass is 35.5. The molecule has 1 N–H and O–H groups in total. The average molecular weight is 181 g/mol. The minimum Gasteiger partial charge on any atom is -0.479 e. The highest BCUT2D eigenvalue weighted by Gasteiger charge is 2.15. The lowest BCUT2D eigenvalue weighted by molar-refractivity contribution is -0.150. The maximum absolute atomic E-state index is 10.4. The molecule has 0 aliphatic rings. The molecule has 0 saturated carbocycles. The van der Waals surface area contributed by atoms with Gasteiger partial charge >= 0.3 is 5.97 Å². The van der Waals surface area contributed by atoms with Crippen molar-refractivity contribution in [2.75, 3.05) is 12.5 Å². The van der Waals surface area contributed by atoms with Crippen LogP contribution in [-0.2, 0) is 9.53 Å².